The zero-order valence-corrected chi connectivity index (χ0v) is 17.0. The lowest BCUT2D eigenvalue weighted by Crippen LogP contribution is -2.50. The Hall–Kier alpha value is -2.76. The van der Waals surface area contributed by atoms with E-state index in [0.717, 1.165) is 23.3 Å². The number of piperazine rings is 1. The third kappa shape index (κ3) is 4.37. The van der Waals surface area contributed by atoms with Crippen LogP contribution in [0.1, 0.15) is 27.5 Å². The van der Waals surface area contributed by atoms with Crippen molar-refractivity contribution >= 4 is 17.5 Å². The Balaban J connectivity index is 1.53. The minimum Gasteiger partial charge on any atom is -0.336 e. The van der Waals surface area contributed by atoms with Gasteiger partial charge in [-0.05, 0) is 35.4 Å². The summed E-state index contributed by atoms with van der Waals surface area (Å²) in [6, 6.07) is 21.1. The molecule has 1 aliphatic heterocycles. The molecule has 30 heavy (non-hydrogen) atoms. The van der Waals surface area contributed by atoms with Gasteiger partial charge in [-0.3, -0.25) is 9.69 Å². The van der Waals surface area contributed by atoms with Gasteiger partial charge in [-0.1, -0.05) is 54.1 Å². The van der Waals surface area contributed by atoms with E-state index in [0.29, 0.717) is 31.2 Å². The molecule has 0 spiro atoms. The number of amides is 1. The van der Waals surface area contributed by atoms with E-state index in [4.69, 9.17) is 11.6 Å². The number of rotatable bonds is 4. The summed E-state index contributed by atoms with van der Waals surface area (Å²) < 4.78 is 27.2. The third-order valence-electron chi connectivity index (χ3n) is 5.43. The molecule has 0 radical (unpaired) electrons. The molecular formula is C24H21ClF2N2O. The minimum atomic E-state index is -0.828. The van der Waals surface area contributed by atoms with Gasteiger partial charge >= 0.3 is 0 Å². The molecule has 1 saturated heterocycles. The van der Waals surface area contributed by atoms with Gasteiger partial charge in [-0.2, -0.15) is 0 Å². The number of carbonyl (C=O) groups excluding carboxylic acids is 1. The molecule has 154 valence electrons. The monoisotopic (exact) mass is 426 g/mol. The lowest BCUT2D eigenvalue weighted by Gasteiger charge is -2.39. The predicted octanol–water partition coefficient (Wildman–Crippen LogP) is 5.17. The largest absolute Gasteiger partial charge is 0.336 e. The molecule has 6 heteroatoms. The predicted molar refractivity (Wildman–Crippen MR) is 114 cm³/mol. The second-order valence-corrected chi connectivity index (χ2v) is 7.75. The molecule has 1 unspecified atom stereocenters. The first-order chi connectivity index (χ1) is 14.5. The molecular weight excluding hydrogens is 406 g/mol. The van der Waals surface area contributed by atoms with Crippen LogP contribution in [0.15, 0.2) is 72.8 Å². The molecule has 3 aromatic rings. The van der Waals surface area contributed by atoms with Crippen molar-refractivity contribution in [2.75, 3.05) is 26.2 Å². The van der Waals surface area contributed by atoms with Crippen LogP contribution in [-0.4, -0.2) is 41.9 Å². The number of hydrogen-bond acceptors (Lipinski definition) is 2. The molecule has 3 nitrogen and oxygen atoms in total. The lowest BCUT2D eigenvalue weighted by atomic mass is 9.96. The summed E-state index contributed by atoms with van der Waals surface area (Å²) in [6.07, 6.45) is 0. The first-order valence-electron chi connectivity index (χ1n) is 9.82. The molecule has 0 N–H and O–H groups in total. The van der Waals surface area contributed by atoms with E-state index in [9.17, 15) is 13.6 Å². The molecule has 1 aliphatic rings. The molecule has 1 heterocycles. The van der Waals surface area contributed by atoms with Crippen LogP contribution in [0.25, 0.3) is 0 Å². The van der Waals surface area contributed by atoms with Gasteiger partial charge in [0, 0.05) is 37.3 Å². The van der Waals surface area contributed by atoms with E-state index in [1.165, 1.54) is 6.07 Å². The van der Waals surface area contributed by atoms with Gasteiger partial charge in [0.15, 0.2) is 0 Å². The Morgan fingerprint density at radius 3 is 2.10 bits per heavy atom. The van der Waals surface area contributed by atoms with E-state index in [1.54, 1.807) is 4.90 Å². The van der Waals surface area contributed by atoms with Crippen LogP contribution in [0.2, 0.25) is 5.02 Å². The molecule has 4 rings (SSSR count). The van der Waals surface area contributed by atoms with Crippen molar-refractivity contribution in [1.29, 1.82) is 0 Å². The Morgan fingerprint density at radius 2 is 1.47 bits per heavy atom. The van der Waals surface area contributed by atoms with Crippen LogP contribution in [-0.2, 0) is 0 Å². The number of hydrogen-bond donors (Lipinski definition) is 0. The minimum absolute atomic E-state index is 0.0308. The van der Waals surface area contributed by atoms with Crippen molar-refractivity contribution in [2.45, 2.75) is 6.04 Å². The number of halogens is 3. The summed E-state index contributed by atoms with van der Waals surface area (Å²) in [5.74, 6) is -1.93. The quantitative estimate of drug-likeness (QED) is 0.575. The Kier molecular flexibility index (Phi) is 6.11. The van der Waals surface area contributed by atoms with Crippen molar-refractivity contribution in [3.05, 3.63) is 106 Å². The van der Waals surface area contributed by atoms with Gasteiger partial charge in [-0.25, -0.2) is 8.78 Å². The van der Waals surface area contributed by atoms with Gasteiger partial charge in [0.2, 0.25) is 0 Å². The van der Waals surface area contributed by atoms with Crippen molar-refractivity contribution in [1.82, 2.24) is 9.80 Å². The van der Waals surface area contributed by atoms with E-state index >= 15 is 0 Å². The highest BCUT2D eigenvalue weighted by Crippen LogP contribution is 2.30. The SMILES string of the molecule is O=C(c1ccc(F)cc1F)N1CCN(C(c2ccccc2)c2ccc(Cl)cc2)CC1. The fourth-order valence-electron chi connectivity index (χ4n) is 3.91. The van der Waals surface area contributed by atoms with Gasteiger partial charge in [0.25, 0.3) is 5.91 Å². The molecule has 0 aliphatic carbocycles. The summed E-state index contributed by atoms with van der Waals surface area (Å²) in [5, 5.41) is 0.683. The maximum absolute atomic E-state index is 14.0. The van der Waals surface area contributed by atoms with Crippen LogP contribution < -0.4 is 0 Å². The van der Waals surface area contributed by atoms with Crippen LogP contribution in [0.5, 0.6) is 0 Å². The first kappa shape index (κ1) is 20.5. The lowest BCUT2D eigenvalue weighted by molar-refractivity contribution is 0.0593. The normalized spacial score (nSPS) is 15.8. The smallest absolute Gasteiger partial charge is 0.256 e. The maximum atomic E-state index is 14.0. The van der Waals surface area contributed by atoms with E-state index in [1.807, 2.05) is 42.5 Å². The Labute approximate surface area is 179 Å². The Morgan fingerprint density at radius 1 is 0.833 bits per heavy atom. The molecule has 1 fully saturated rings. The zero-order chi connectivity index (χ0) is 21.1. The van der Waals surface area contributed by atoms with Crippen molar-refractivity contribution in [3.8, 4) is 0 Å². The van der Waals surface area contributed by atoms with Crippen LogP contribution >= 0.6 is 11.6 Å². The maximum Gasteiger partial charge on any atom is 0.256 e. The van der Waals surface area contributed by atoms with Gasteiger partial charge in [0.1, 0.15) is 11.6 Å². The Bertz CT molecular complexity index is 1020. The van der Waals surface area contributed by atoms with Crippen LogP contribution in [0.4, 0.5) is 8.78 Å². The molecule has 0 bridgehead atoms. The molecule has 1 amide bonds. The zero-order valence-electron chi connectivity index (χ0n) is 16.3. The summed E-state index contributed by atoms with van der Waals surface area (Å²) in [6.45, 7) is 2.20. The topological polar surface area (TPSA) is 23.6 Å². The highest BCUT2D eigenvalue weighted by atomic mass is 35.5. The summed E-state index contributed by atoms with van der Waals surface area (Å²) in [4.78, 5) is 16.6. The van der Waals surface area contributed by atoms with E-state index in [2.05, 4.69) is 17.0 Å². The highest BCUT2D eigenvalue weighted by Gasteiger charge is 2.29. The van der Waals surface area contributed by atoms with Crippen molar-refractivity contribution < 1.29 is 13.6 Å². The molecule has 0 saturated carbocycles. The summed E-state index contributed by atoms with van der Waals surface area (Å²) in [5.41, 5.74) is 2.18. The number of nitrogens with zero attached hydrogens (tertiary/aromatic N) is 2. The standard InChI is InChI=1S/C24H21ClF2N2O/c25-19-8-6-18(7-9-19)23(17-4-2-1-3-5-17)28-12-14-29(15-13-28)24(30)21-11-10-20(26)16-22(21)27/h1-11,16,23H,12-15H2. The van der Waals surface area contributed by atoms with Gasteiger partial charge < -0.3 is 4.90 Å². The average molecular weight is 427 g/mol. The summed E-state index contributed by atoms with van der Waals surface area (Å²) >= 11 is 6.07. The van der Waals surface area contributed by atoms with Gasteiger partial charge in [-0.15, -0.1) is 0 Å². The van der Waals surface area contributed by atoms with Crippen LogP contribution in [0.3, 0.4) is 0 Å². The second kappa shape index (κ2) is 8.94. The highest BCUT2D eigenvalue weighted by molar-refractivity contribution is 6.30. The number of carbonyl (C=O) groups is 1. The van der Waals surface area contributed by atoms with E-state index in [-0.39, 0.29) is 11.6 Å². The fraction of sp³-hybridized carbons (Fsp3) is 0.208. The van der Waals surface area contributed by atoms with Gasteiger partial charge in [0.05, 0.1) is 11.6 Å². The van der Waals surface area contributed by atoms with Crippen molar-refractivity contribution in [2.24, 2.45) is 0 Å². The molecule has 0 aromatic heterocycles. The fourth-order valence-corrected chi connectivity index (χ4v) is 4.04. The second-order valence-electron chi connectivity index (χ2n) is 7.32. The van der Waals surface area contributed by atoms with Crippen LogP contribution in [0, 0.1) is 11.6 Å². The first-order valence-corrected chi connectivity index (χ1v) is 10.2. The molecule has 3 aromatic carbocycles. The molecule has 1 atom stereocenters. The van der Waals surface area contributed by atoms with Crippen molar-refractivity contribution in [3.63, 3.8) is 0 Å². The van der Waals surface area contributed by atoms with E-state index < -0.39 is 17.5 Å². The third-order valence-corrected chi connectivity index (χ3v) is 5.68. The average Bonchev–Trinajstić information content (AvgIpc) is 2.76. The summed E-state index contributed by atoms with van der Waals surface area (Å²) in [7, 11) is 0. The number of benzene rings is 3.